The van der Waals surface area contributed by atoms with Crippen LogP contribution in [0.3, 0.4) is 0 Å². The third kappa shape index (κ3) is 2.55. The van der Waals surface area contributed by atoms with Gasteiger partial charge in [-0.05, 0) is 7.05 Å². The number of esters is 1. The second-order valence-corrected chi connectivity index (χ2v) is 2.48. The van der Waals surface area contributed by atoms with Gasteiger partial charge >= 0.3 is 5.97 Å². The molecule has 2 N–H and O–H groups in total. The lowest BCUT2D eigenvalue weighted by Gasteiger charge is -2.17. The summed E-state index contributed by atoms with van der Waals surface area (Å²) in [5.74, 6) is -0.361. The van der Waals surface area contributed by atoms with Gasteiger partial charge in [-0.25, -0.2) is 4.31 Å². The molecule has 0 heterocycles. The number of thiol groups is 1. The zero-order valence-corrected chi connectivity index (χ0v) is 6.97. The van der Waals surface area contributed by atoms with Crippen molar-refractivity contribution < 1.29 is 9.53 Å². The molecule has 10 heavy (non-hydrogen) atoms. The van der Waals surface area contributed by atoms with Gasteiger partial charge in [0.05, 0.1) is 7.11 Å². The lowest BCUT2D eigenvalue weighted by molar-refractivity contribution is -0.144. The molecular weight excluding hydrogens is 152 g/mol. The molecule has 0 unspecified atom stereocenters. The van der Waals surface area contributed by atoms with E-state index in [0.29, 0.717) is 0 Å². The average molecular weight is 164 g/mol. The highest BCUT2D eigenvalue weighted by Gasteiger charge is 2.19. The molecule has 0 radical (unpaired) electrons. The molecule has 0 aliphatic carbocycles. The molecule has 0 amide bonds. The van der Waals surface area contributed by atoms with E-state index in [1.165, 1.54) is 11.4 Å². The van der Waals surface area contributed by atoms with Crippen LogP contribution in [0.15, 0.2) is 0 Å². The van der Waals surface area contributed by atoms with E-state index in [-0.39, 0.29) is 12.5 Å². The Labute approximate surface area is 65.9 Å². The Morgan fingerprint density at radius 1 is 1.90 bits per heavy atom. The maximum absolute atomic E-state index is 10.8. The number of methoxy groups -OCH3 is 1. The van der Waals surface area contributed by atoms with Crippen LogP contribution in [-0.4, -0.2) is 37.0 Å². The van der Waals surface area contributed by atoms with Crippen molar-refractivity contribution in [3.8, 4) is 0 Å². The first kappa shape index (κ1) is 9.74. The minimum atomic E-state index is -0.451. The fourth-order valence-electron chi connectivity index (χ4n) is 0.537. The van der Waals surface area contributed by atoms with E-state index >= 15 is 0 Å². The van der Waals surface area contributed by atoms with E-state index in [0.717, 1.165) is 0 Å². The van der Waals surface area contributed by atoms with Gasteiger partial charge in [-0.2, -0.15) is 0 Å². The normalized spacial score (nSPS) is 13.3. The average Bonchev–Trinajstić information content (AvgIpc) is 1.88. The summed E-state index contributed by atoms with van der Waals surface area (Å²) in [7, 11) is 2.97. The molecular formula is C5H12N2O2S. The van der Waals surface area contributed by atoms with Crippen molar-refractivity contribution in [3.63, 3.8) is 0 Å². The van der Waals surface area contributed by atoms with Gasteiger partial charge in [0.1, 0.15) is 6.04 Å². The van der Waals surface area contributed by atoms with Crippen molar-refractivity contribution in [2.45, 2.75) is 6.04 Å². The first-order valence-electron chi connectivity index (χ1n) is 2.83. The molecule has 1 atom stereocenters. The molecule has 0 aromatic carbocycles. The summed E-state index contributed by atoms with van der Waals surface area (Å²) in [6.07, 6.45) is 0. The van der Waals surface area contributed by atoms with Gasteiger partial charge in [-0.1, -0.05) is 12.8 Å². The number of hydrogen-bond donors (Lipinski definition) is 2. The fraction of sp³-hybridized carbons (Fsp3) is 0.800. The van der Waals surface area contributed by atoms with Gasteiger partial charge in [-0.3, -0.25) is 4.79 Å². The monoisotopic (exact) mass is 164 g/mol. The number of ether oxygens (including phenoxy) is 1. The topological polar surface area (TPSA) is 55.6 Å². The van der Waals surface area contributed by atoms with E-state index in [1.54, 1.807) is 7.05 Å². The van der Waals surface area contributed by atoms with Crippen LogP contribution in [0.1, 0.15) is 0 Å². The first-order valence-corrected chi connectivity index (χ1v) is 3.23. The smallest absolute Gasteiger partial charge is 0.325 e. The molecule has 0 rings (SSSR count). The number of rotatable bonds is 3. The number of nitrogens with two attached hydrogens (primary N) is 1. The van der Waals surface area contributed by atoms with Crippen molar-refractivity contribution in [3.05, 3.63) is 0 Å². The molecule has 60 valence electrons. The Balaban J connectivity index is 3.93. The van der Waals surface area contributed by atoms with Gasteiger partial charge in [0.2, 0.25) is 0 Å². The molecule has 0 aliphatic rings. The summed E-state index contributed by atoms with van der Waals surface area (Å²) in [5.41, 5.74) is 5.26. The summed E-state index contributed by atoms with van der Waals surface area (Å²) in [6, 6.07) is -0.451. The summed E-state index contributed by atoms with van der Waals surface area (Å²) in [4.78, 5) is 10.8. The highest BCUT2D eigenvalue weighted by Crippen LogP contribution is 1.98. The molecule has 0 aliphatic heterocycles. The molecule has 0 fully saturated rings. The Morgan fingerprint density at radius 2 is 2.40 bits per heavy atom. The third-order valence-electron chi connectivity index (χ3n) is 1.15. The number of nitrogens with zero attached hydrogens (tertiary/aromatic N) is 1. The molecule has 0 saturated heterocycles. The molecule has 0 aromatic rings. The lowest BCUT2D eigenvalue weighted by atomic mass is 10.3. The Kier molecular flexibility index (Phi) is 4.42. The Hall–Kier alpha value is -0.260. The molecule has 0 spiro atoms. The van der Waals surface area contributed by atoms with Gasteiger partial charge in [0.25, 0.3) is 0 Å². The number of carbonyl (C=O) groups is 1. The van der Waals surface area contributed by atoms with Crippen LogP contribution in [0.5, 0.6) is 0 Å². The molecule has 4 nitrogen and oxygen atoms in total. The number of hydrogen-bond acceptors (Lipinski definition) is 5. The zero-order valence-electron chi connectivity index (χ0n) is 6.07. The van der Waals surface area contributed by atoms with Crippen molar-refractivity contribution >= 4 is 18.8 Å². The summed E-state index contributed by atoms with van der Waals surface area (Å²) < 4.78 is 5.88. The van der Waals surface area contributed by atoms with E-state index < -0.39 is 6.04 Å². The Bertz CT molecular complexity index is 118. The maximum Gasteiger partial charge on any atom is 0.325 e. The minimum Gasteiger partial charge on any atom is -0.468 e. The first-order chi connectivity index (χ1) is 4.63. The van der Waals surface area contributed by atoms with Crippen LogP contribution in [0.2, 0.25) is 0 Å². The minimum absolute atomic E-state index is 0.215. The second-order valence-electron chi connectivity index (χ2n) is 1.85. The van der Waals surface area contributed by atoms with Crippen molar-refractivity contribution in [2.24, 2.45) is 5.73 Å². The summed E-state index contributed by atoms with van der Waals surface area (Å²) in [6.45, 7) is 0.215. The van der Waals surface area contributed by atoms with Crippen LogP contribution in [0.25, 0.3) is 0 Å². The quantitative estimate of drug-likeness (QED) is 0.426. The summed E-state index contributed by atoms with van der Waals surface area (Å²) >= 11 is 3.92. The van der Waals surface area contributed by atoms with Gasteiger partial charge in [0, 0.05) is 6.54 Å². The second kappa shape index (κ2) is 4.54. The van der Waals surface area contributed by atoms with Crippen LogP contribution < -0.4 is 5.73 Å². The van der Waals surface area contributed by atoms with E-state index in [2.05, 4.69) is 17.6 Å². The van der Waals surface area contributed by atoms with Gasteiger partial charge in [-0.15, -0.1) is 0 Å². The van der Waals surface area contributed by atoms with Crippen LogP contribution in [0, 0.1) is 0 Å². The predicted octanol–water partition coefficient (Wildman–Crippen LogP) is -0.737. The van der Waals surface area contributed by atoms with Crippen molar-refractivity contribution in [1.29, 1.82) is 0 Å². The van der Waals surface area contributed by atoms with Gasteiger partial charge < -0.3 is 10.5 Å². The Morgan fingerprint density at radius 3 is 2.50 bits per heavy atom. The lowest BCUT2D eigenvalue weighted by Crippen LogP contribution is -2.39. The highest BCUT2D eigenvalue weighted by atomic mass is 32.1. The molecule has 0 aromatic heterocycles. The van der Waals surface area contributed by atoms with E-state index in [9.17, 15) is 4.79 Å². The SMILES string of the molecule is COC(=O)[C@H](CN)N(C)S. The van der Waals surface area contributed by atoms with Crippen LogP contribution >= 0.6 is 12.8 Å². The maximum atomic E-state index is 10.8. The van der Waals surface area contributed by atoms with E-state index in [1.807, 2.05) is 0 Å². The van der Waals surface area contributed by atoms with Gasteiger partial charge in [0.15, 0.2) is 0 Å². The standard InChI is InChI=1S/C5H12N2O2S/c1-7(10)4(3-6)5(8)9-2/h4,10H,3,6H2,1-2H3/t4-/m0/s1. The zero-order chi connectivity index (χ0) is 8.15. The predicted molar refractivity (Wildman–Crippen MR) is 41.6 cm³/mol. The van der Waals surface area contributed by atoms with Crippen molar-refractivity contribution in [2.75, 3.05) is 20.7 Å². The van der Waals surface area contributed by atoms with Crippen molar-refractivity contribution in [1.82, 2.24) is 4.31 Å². The fourth-order valence-corrected chi connectivity index (χ4v) is 0.726. The highest BCUT2D eigenvalue weighted by molar-refractivity contribution is 7.77. The summed E-state index contributed by atoms with van der Waals surface area (Å²) in [5, 5.41) is 0. The molecule has 5 heteroatoms. The number of likely N-dealkylation sites (N-methyl/N-ethyl adjacent to an activating group) is 1. The molecule has 0 saturated carbocycles. The van der Waals surface area contributed by atoms with Crippen LogP contribution in [-0.2, 0) is 9.53 Å². The molecule has 0 bridgehead atoms. The number of carbonyl (C=O) groups excluding carboxylic acids is 1. The van der Waals surface area contributed by atoms with Crippen LogP contribution in [0.4, 0.5) is 0 Å². The van der Waals surface area contributed by atoms with E-state index in [4.69, 9.17) is 5.73 Å². The largest absolute Gasteiger partial charge is 0.468 e. The third-order valence-corrected chi connectivity index (χ3v) is 1.43.